The Morgan fingerprint density at radius 3 is 1.84 bits per heavy atom. The molecule has 43 heteroatoms. The van der Waals surface area contributed by atoms with Crippen LogP contribution in [0.25, 0.3) is 33.5 Å². The van der Waals surface area contributed by atoms with Crippen LogP contribution < -0.4 is 32.7 Å². The molecule has 0 amide bonds. The number of H-pyrrole nitrogens is 3. The molecule has 3 saturated heterocycles. The van der Waals surface area contributed by atoms with Gasteiger partial charge in [0.15, 0.2) is 41.1 Å². The van der Waals surface area contributed by atoms with Crippen molar-refractivity contribution in [3.8, 4) is 0 Å². The number of aliphatic hydroxyl groups excluding tert-OH is 3. The summed E-state index contributed by atoms with van der Waals surface area (Å²) in [5.74, 6) is -0.496. The van der Waals surface area contributed by atoms with E-state index in [2.05, 4.69) is 48.5 Å². The van der Waals surface area contributed by atoms with Gasteiger partial charge in [-0.2, -0.15) is 13.6 Å². The summed E-state index contributed by atoms with van der Waals surface area (Å²) < 4.78 is 116. The molecule has 0 bridgehead atoms. The first-order valence-corrected chi connectivity index (χ1v) is 28.9. The molecular formula is C36H51N14O25P4+. The third-order valence-corrected chi connectivity index (χ3v) is 17.4. The number of nitrogens with one attached hydrogen (secondary N) is 3. The summed E-state index contributed by atoms with van der Waals surface area (Å²) in [4.78, 5) is 108. The summed E-state index contributed by atoms with van der Waals surface area (Å²) in [6.45, 7) is 1.46. The van der Waals surface area contributed by atoms with Crippen molar-refractivity contribution >= 4 is 76.7 Å². The number of phosphoric acid groups is 4. The van der Waals surface area contributed by atoms with Gasteiger partial charge in [0.2, 0.25) is 17.7 Å². The third-order valence-electron chi connectivity index (χ3n) is 12.1. The first-order chi connectivity index (χ1) is 37.0. The van der Waals surface area contributed by atoms with Gasteiger partial charge in [0.05, 0.1) is 45.6 Å². The van der Waals surface area contributed by atoms with Gasteiger partial charge in [-0.25, -0.2) is 37.8 Å². The summed E-state index contributed by atoms with van der Waals surface area (Å²) >= 11 is 0. The molecule has 14 N–H and O–H groups in total. The van der Waals surface area contributed by atoms with Gasteiger partial charge < -0.3 is 75.0 Å². The van der Waals surface area contributed by atoms with Crippen LogP contribution in [0.1, 0.15) is 38.4 Å². The average molecular weight is 1200 g/mol. The molecule has 0 aromatic carbocycles. The van der Waals surface area contributed by atoms with E-state index >= 15 is 0 Å². The molecule has 9 rings (SSSR count). The smallest absolute Gasteiger partial charge is 0.387 e. The zero-order valence-corrected chi connectivity index (χ0v) is 44.9. The van der Waals surface area contributed by atoms with E-state index in [4.69, 9.17) is 53.2 Å². The van der Waals surface area contributed by atoms with Crippen LogP contribution >= 0.6 is 31.3 Å². The van der Waals surface area contributed by atoms with Crippen molar-refractivity contribution < 1.29 is 108 Å². The molecule has 39 nitrogen and oxygen atoms in total. The lowest BCUT2D eigenvalue weighted by Gasteiger charge is -2.27. The number of aromatic amines is 3. The Morgan fingerprint density at radius 1 is 0.684 bits per heavy atom. The molecule has 79 heavy (non-hydrogen) atoms. The second kappa shape index (κ2) is 22.0. The number of phosphoric ester groups is 3. The van der Waals surface area contributed by atoms with Crippen LogP contribution in [0, 0.1) is 6.92 Å². The number of imidazole rings is 3. The van der Waals surface area contributed by atoms with Crippen LogP contribution in [0.4, 0.5) is 11.9 Å². The average Bonchev–Trinajstić information content (AvgIpc) is 4.38. The molecule has 9 heterocycles. The van der Waals surface area contributed by atoms with Crippen LogP contribution in [-0.4, -0.2) is 176 Å². The molecule has 7 unspecified atom stereocenters. The van der Waals surface area contributed by atoms with Crippen molar-refractivity contribution in [2.75, 3.05) is 38.4 Å². The zero-order chi connectivity index (χ0) is 57.4. The van der Waals surface area contributed by atoms with Crippen molar-refractivity contribution in [1.29, 1.82) is 0 Å². The fourth-order valence-electron chi connectivity index (χ4n) is 8.92. The number of aromatic nitrogens is 12. The number of hydrogen-bond acceptors (Lipinski definition) is 28. The molecule has 3 fully saturated rings. The van der Waals surface area contributed by atoms with Gasteiger partial charge in [0, 0.05) is 7.11 Å². The van der Waals surface area contributed by atoms with Crippen LogP contribution in [0.2, 0.25) is 0 Å². The lowest BCUT2D eigenvalue weighted by molar-refractivity contribution is -0.745. The monoisotopic (exact) mass is 1200 g/mol. The normalized spacial score (nSPS) is 29.6. The van der Waals surface area contributed by atoms with Gasteiger partial charge >= 0.3 is 36.9 Å². The van der Waals surface area contributed by atoms with Gasteiger partial charge in [-0.1, -0.05) is 4.98 Å². The molecule has 3 aliphatic rings. The Labute approximate surface area is 439 Å². The van der Waals surface area contributed by atoms with Gasteiger partial charge in [-0.3, -0.25) is 56.1 Å². The molecule has 0 spiro atoms. The molecule has 0 radical (unpaired) electrons. The second-order valence-electron chi connectivity index (χ2n) is 18.0. The van der Waals surface area contributed by atoms with Gasteiger partial charge in [-0.15, -0.1) is 0 Å². The Balaban J connectivity index is 0.887. The molecule has 6 aromatic rings. The van der Waals surface area contributed by atoms with Gasteiger partial charge in [-0.05, 0) is 20.8 Å². The number of anilines is 2. The predicted molar refractivity (Wildman–Crippen MR) is 256 cm³/mol. The summed E-state index contributed by atoms with van der Waals surface area (Å²) in [5.41, 5.74) is 8.67. The number of methoxy groups -OCH3 is 1. The molecule has 16 atom stereocenters. The highest BCUT2D eigenvalue weighted by molar-refractivity contribution is 7.66. The highest BCUT2D eigenvalue weighted by Crippen LogP contribution is 2.68. The maximum Gasteiger partial charge on any atom is 0.490 e. The quantitative estimate of drug-likeness (QED) is 0.0249. The Hall–Kier alpha value is -5.15. The Kier molecular flexibility index (Phi) is 16.3. The number of rotatable bonds is 21. The van der Waals surface area contributed by atoms with E-state index in [1.807, 2.05) is 0 Å². The van der Waals surface area contributed by atoms with E-state index < -0.39 is 153 Å². The summed E-state index contributed by atoms with van der Waals surface area (Å²) in [6.07, 6.45) is -16.5. The van der Waals surface area contributed by atoms with E-state index in [0.29, 0.717) is 0 Å². The van der Waals surface area contributed by atoms with E-state index in [1.165, 1.54) is 35.8 Å². The molecule has 0 aliphatic carbocycles. The summed E-state index contributed by atoms with van der Waals surface area (Å²) in [7, 11) is -21.0. The van der Waals surface area contributed by atoms with Crippen LogP contribution in [0.15, 0.2) is 33.4 Å². The fraction of sp³-hybridized carbons (Fsp3) is 0.583. The topological polar surface area (TPSA) is 545 Å². The van der Waals surface area contributed by atoms with Gasteiger partial charge in [0.25, 0.3) is 22.6 Å². The number of aliphatic hydroxyl groups is 3. The minimum atomic E-state index is -6.23. The fourth-order valence-corrected chi connectivity index (χ4v) is 13.4. The summed E-state index contributed by atoms with van der Waals surface area (Å²) in [6, 6.07) is 0. The van der Waals surface area contributed by atoms with Crippen LogP contribution in [-0.2, 0) is 75.7 Å². The number of fused-ring (bicyclic) bond motifs is 3. The first kappa shape index (κ1) is 58.5. The lowest BCUT2D eigenvalue weighted by atomic mass is 10.1. The van der Waals surface area contributed by atoms with Crippen LogP contribution in [0.3, 0.4) is 0 Å². The Morgan fingerprint density at radius 2 is 1.22 bits per heavy atom. The van der Waals surface area contributed by atoms with E-state index in [9.17, 15) is 67.5 Å². The van der Waals surface area contributed by atoms with Crippen molar-refractivity contribution in [1.82, 2.24) is 53.6 Å². The SMILES string of the molecule is COC1[C@@H](OP(=O)(O)OC[C@H]2O[C@@H](n3cnc4c(=O)[nH]c(C)nc43)C(O)[C@H]2OC(C)C)[C@@H](COP(=O)(O)OP(=O)(O)OP(=O)(O)OC[C@H]2O[C@@H]([n+]3cn(C)c4c(=O)[nH]c(N)nc43)[C@@H](O)C2O)O[C@H]1n1cnc2c(=O)[nH]c(N)nc21. The molecule has 0 saturated carbocycles. The van der Waals surface area contributed by atoms with E-state index in [1.54, 1.807) is 13.8 Å². The predicted octanol–water partition coefficient (Wildman–Crippen LogP) is -3.26. The van der Waals surface area contributed by atoms with E-state index in [-0.39, 0.29) is 45.3 Å². The third kappa shape index (κ3) is 12.1. The highest BCUT2D eigenvalue weighted by atomic mass is 31.3. The molecule has 3 aliphatic heterocycles. The van der Waals surface area contributed by atoms with Crippen molar-refractivity contribution in [2.45, 2.75) is 100 Å². The van der Waals surface area contributed by atoms with Crippen molar-refractivity contribution in [3.63, 3.8) is 0 Å². The number of nitrogens with two attached hydrogens (primary N) is 2. The van der Waals surface area contributed by atoms with Crippen LogP contribution in [0.5, 0.6) is 0 Å². The molecular weight excluding hydrogens is 1150 g/mol. The number of ether oxygens (including phenoxy) is 5. The largest absolute Gasteiger partial charge is 0.490 e. The minimum Gasteiger partial charge on any atom is -0.387 e. The molecule has 434 valence electrons. The number of nitrogens with zero attached hydrogens (tertiary/aromatic N) is 9. The van der Waals surface area contributed by atoms with Crippen molar-refractivity contribution in [3.05, 3.63) is 55.9 Å². The first-order valence-electron chi connectivity index (χ1n) is 22.9. The summed E-state index contributed by atoms with van der Waals surface area (Å²) in [5, 5.41) is 33.0. The lowest BCUT2D eigenvalue weighted by Crippen LogP contribution is -2.46. The minimum absolute atomic E-state index is 0.0248. The molecule has 6 aromatic heterocycles. The van der Waals surface area contributed by atoms with E-state index in [0.717, 1.165) is 22.6 Å². The maximum atomic E-state index is 14.0. The number of aryl methyl sites for hydroxylation is 2. The Bertz CT molecular complexity index is 3660. The van der Waals surface area contributed by atoms with Gasteiger partial charge in [0.1, 0.15) is 60.8 Å². The number of hydrogen-bond donors (Lipinski definition) is 12. The zero-order valence-electron chi connectivity index (χ0n) is 41.3. The highest BCUT2D eigenvalue weighted by Gasteiger charge is 2.54. The second-order valence-corrected chi connectivity index (χ2v) is 24.1. The number of nitrogen functional groups attached to an aromatic ring is 2. The van der Waals surface area contributed by atoms with Crippen molar-refractivity contribution in [2.24, 2.45) is 7.05 Å². The maximum absolute atomic E-state index is 14.0. The standard InChI is InChI=1S/C36H50N14O25P4/c1-12(2)69-23-15(71-33(22(23)53)48-9-39-17-26(48)41-13(3)42-29(17)54)7-66-76(57,58)73-24-16(72-34(25(24)65-5)49-10-40-18-27(49)43-35(37)45-30(18)55)8-68-78(61,62)75-79(63,64)74-77(59,60)67-6-14-20(51)21(52)32(70-14)50-11-47(4)19-28(50)44-36(38)46-31(19)56/h9-12,14-16,20-25,32-34,51-53H,6-8H2,1-5H3,(H10-,37,38,41,42,43,44,45,46,54,55,56,57,58,59,60,61,62,63,64)/p+1/t14-,15-,16-,20?,21+,22?,23+,24+,25?,32-,33-,34-/m1/s1.